The number of fused-ring (bicyclic) bond motifs is 1. The van der Waals surface area contributed by atoms with E-state index in [1.165, 1.54) is 18.3 Å². The predicted molar refractivity (Wildman–Crippen MR) is 85.3 cm³/mol. The number of nitrogens with zero attached hydrogens (tertiary/aromatic N) is 2. The van der Waals surface area contributed by atoms with Crippen LogP contribution in [-0.4, -0.2) is 8.42 Å². The van der Waals surface area contributed by atoms with Gasteiger partial charge in [0.25, 0.3) is 0 Å². The van der Waals surface area contributed by atoms with Crippen LogP contribution in [-0.2, 0) is 9.84 Å². The zero-order valence-electron chi connectivity index (χ0n) is 12.5. The monoisotopic (exact) mass is 328 g/mol. The molecule has 0 aliphatic carbocycles. The Kier molecular flexibility index (Phi) is 3.46. The van der Waals surface area contributed by atoms with Crippen molar-refractivity contribution >= 4 is 21.2 Å². The molecule has 4 nitrogen and oxygen atoms in total. The first-order valence-electron chi connectivity index (χ1n) is 6.87. The first kappa shape index (κ1) is 15.3. The third-order valence-electron chi connectivity index (χ3n) is 3.74. The quantitative estimate of drug-likeness (QED) is 0.800. The van der Waals surface area contributed by atoms with Crippen molar-refractivity contribution < 1.29 is 12.8 Å². The number of hydrogen-bond donors (Lipinski definition) is 0. The molecule has 0 saturated carbocycles. The van der Waals surface area contributed by atoms with Crippen LogP contribution in [0.3, 0.4) is 0 Å². The lowest BCUT2D eigenvalue weighted by Crippen LogP contribution is -2.22. The van der Waals surface area contributed by atoms with Crippen molar-refractivity contribution in [2.45, 2.75) is 18.7 Å². The van der Waals surface area contributed by atoms with Crippen molar-refractivity contribution in [3.8, 4) is 6.07 Å². The summed E-state index contributed by atoms with van der Waals surface area (Å²) in [6.07, 6.45) is 1.29. The highest BCUT2D eigenvalue weighted by atomic mass is 32.2. The predicted octanol–water partition coefficient (Wildman–Crippen LogP) is 3.73. The molecular formula is C17H13FN2O2S. The summed E-state index contributed by atoms with van der Waals surface area (Å²) in [7, 11) is -4.00. The van der Waals surface area contributed by atoms with Crippen molar-refractivity contribution in [3.05, 3.63) is 64.4 Å². The lowest BCUT2D eigenvalue weighted by Gasteiger charge is -2.29. The second-order valence-corrected chi connectivity index (χ2v) is 7.27. The fourth-order valence-corrected chi connectivity index (χ4v) is 3.85. The zero-order valence-corrected chi connectivity index (χ0v) is 13.4. The van der Waals surface area contributed by atoms with Crippen LogP contribution < -0.4 is 4.90 Å². The maximum absolute atomic E-state index is 13.6. The molecule has 1 heterocycles. The van der Waals surface area contributed by atoms with Gasteiger partial charge in [-0.2, -0.15) is 5.26 Å². The Labute approximate surface area is 134 Å². The van der Waals surface area contributed by atoms with Crippen LogP contribution in [0.2, 0.25) is 0 Å². The number of aryl methyl sites for hydroxylation is 2. The van der Waals surface area contributed by atoms with E-state index in [0.717, 1.165) is 22.9 Å². The van der Waals surface area contributed by atoms with E-state index in [1.54, 1.807) is 11.0 Å². The minimum atomic E-state index is -4.00. The van der Waals surface area contributed by atoms with Gasteiger partial charge >= 0.3 is 0 Å². The Bertz CT molecular complexity index is 988. The van der Waals surface area contributed by atoms with Crippen LogP contribution in [0.15, 0.2) is 52.4 Å². The fraction of sp³-hybridized carbons (Fsp3) is 0.118. The summed E-state index contributed by atoms with van der Waals surface area (Å²) in [5, 5.41) is 9.19. The van der Waals surface area contributed by atoms with Gasteiger partial charge < -0.3 is 4.90 Å². The van der Waals surface area contributed by atoms with E-state index in [1.807, 2.05) is 32.0 Å². The van der Waals surface area contributed by atoms with E-state index in [9.17, 15) is 18.1 Å². The summed E-state index contributed by atoms with van der Waals surface area (Å²) in [4.78, 5) is 1.02. The maximum Gasteiger partial charge on any atom is 0.220 e. The second kappa shape index (κ2) is 5.21. The number of anilines is 2. The average Bonchev–Trinajstić information content (AvgIpc) is 2.51. The SMILES string of the molecule is Cc1ccc(C)c(N2C=C(C#N)S(=O)(=O)c3cc(F)ccc32)c1. The van der Waals surface area contributed by atoms with Crippen LogP contribution in [0.25, 0.3) is 0 Å². The molecule has 116 valence electrons. The molecule has 0 N–H and O–H groups in total. The van der Waals surface area contributed by atoms with Gasteiger partial charge in [-0.1, -0.05) is 12.1 Å². The molecule has 3 rings (SSSR count). The van der Waals surface area contributed by atoms with Crippen LogP contribution in [0.4, 0.5) is 15.8 Å². The van der Waals surface area contributed by atoms with Crippen LogP contribution in [0, 0.1) is 31.0 Å². The number of benzene rings is 2. The minimum Gasteiger partial charge on any atom is -0.314 e. The van der Waals surface area contributed by atoms with Crippen molar-refractivity contribution in [3.63, 3.8) is 0 Å². The molecule has 2 aromatic carbocycles. The Morgan fingerprint density at radius 3 is 2.52 bits per heavy atom. The maximum atomic E-state index is 13.6. The van der Waals surface area contributed by atoms with Crippen molar-refractivity contribution in [2.24, 2.45) is 0 Å². The molecule has 0 amide bonds. The molecule has 23 heavy (non-hydrogen) atoms. The van der Waals surface area contributed by atoms with Crippen LogP contribution >= 0.6 is 0 Å². The minimum absolute atomic E-state index is 0.197. The van der Waals surface area contributed by atoms with E-state index >= 15 is 0 Å². The van der Waals surface area contributed by atoms with Gasteiger partial charge in [-0.3, -0.25) is 0 Å². The Balaban J connectivity index is 2.35. The van der Waals surface area contributed by atoms with Gasteiger partial charge in [0.05, 0.1) is 10.6 Å². The van der Waals surface area contributed by atoms with Crippen LogP contribution in [0.5, 0.6) is 0 Å². The van der Waals surface area contributed by atoms with Gasteiger partial charge in [-0.25, -0.2) is 12.8 Å². The Morgan fingerprint density at radius 2 is 1.83 bits per heavy atom. The molecule has 0 unspecified atom stereocenters. The molecule has 2 aromatic rings. The number of allylic oxidation sites excluding steroid dienone is 1. The lowest BCUT2D eigenvalue weighted by molar-refractivity contribution is 0.596. The van der Waals surface area contributed by atoms with Crippen molar-refractivity contribution in [1.82, 2.24) is 0 Å². The van der Waals surface area contributed by atoms with Gasteiger partial charge in [-0.15, -0.1) is 0 Å². The highest BCUT2D eigenvalue weighted by molar-refractivity contribution is 7.95. The Morgan fingerprint density at radius 1 is 1.09 bits per heavy atom. The molecule has 0 spiro atoms. The molecule has 0 bridgehead atoms. The standard InChI is InChI=1S/C17H13FN2O2S/c1-11-3-4-12(2)16(7-11)20-10-14(9-19)23(21,22)17-8-13(18)5-6-15(17)20/h3-8,10H,1-2H3. The third-order valence-corrected chi connectivity index (χ3v) is 5.42. The molecule has 1 aliphatic heterocycles. The summed E-state index contributed by atoms with van der Waals surface area (Å²) in [5.74, 6) is -0.660. The van der Waals surface area contributed by atoms with E-state index in [4.69, 9.17) is 0 Å². The molecule has 0 atom stereocenters. The van der Waals surface area contributed by atoms with Gasteiger partial charge in [0, 0.05) is 11.9 Å². The molecule has 6 heteroatoms. The Hall–Kier alpha value is -2.65. The van der Waals surface area contributed by atoms with E-state index in [2.05, 4.69) is 0 Å². The molecule has 0 saturated heterocycles. The largest absolute Gasteiger partial charge is 0.314 e. The zero-order chi connectivity index (χ0) is 16.8. The topological polar surface area (TPSA) is 61.2 Å². The molecular weight excluding hydrogens is 315 g/mol. The lowest BCUT2D eigenvalue weighted by atomic mass is 10.1. The molecule has 1 aliphatic rings. The van der Waals surface area contributed by atoms with Gasteiger partial charge in [0.2, 0.25) is 9.84 Å². The molecule has 0 radical (unpaired) electrons. The van der Waals surface area contributed by atoms with Gasteiger partial charge in [0.1, 0.15) is 11.9 Å². The van der Waals surface area contributed by atoms with Gasteiger partial charge in [0.15, 0.2) is 4.91 Å². The number of nitriles is 1. The number of halogens is 1. The second-order valence-electron chi connectivity index (χ2n) is 5.38. The highest BCUT2D eigenvalue weighted by Crippen LogP contribution is 2.40. The molecule has 0 fully saturated rings. The normalized spacial score (nSPS) is 15.6. The average molecular weight is 328 g/mol. The number of sulfone groups is 1. The highest BCUT2D eigenvalue weighted by Gasteiger charge is 2.32. The molecule has 0 aromatic heterocycles. The first-order chi connectivity index (χ1) is 10.8. The summed E-state index contributed by atoms with van der Waals surface area (Å²) in [6, 6.07) is 11.0. The van der Waals surface area contributed by atoms with Crippen molar-refractivity contribution in [2.75, 3.05) is 4.90 Å². The van der Waals surface area contributed by atoms with Crippen LogP contribution in [0.1, 0.15) is 11.1 Å². The van der Waals surface area contributed by atoms with Crippen molar-refractivity contribution in [1.29, 1.82) is 5.26 Å². The van der Waals surface area contributed by atoms with E-state index in [-0.39, 0.29) is 4.90 Å². The third kappa shape index (κ3) is 2.39. The summed E-state index contributed by atoms with van der Waals surface area (Å²) >= 11 is 0. The summed E-state index contributed by atoms with van der Waals surface area (Å²) in [6.45, 7) is 3.81. The summed E-state index contributed by atoms with van der Waals surface area (Å²) in [5.41, 5.74) is 2.99. The number of hydrogen-bond acceptors (Lipinski definition) is 4. The number of rotatable bonds is 1. The van der Waals surface area contributed by atoms with Gasteiger partial charge in [-0.05, 0) is 49.2 Å². The smallest absolute Gasteiger partial charge is 0.220 e. The summed E-state index contributed by atoms with van der Waals surface area (Å²) < 4.78 is 38.4. The van der Waals surface area contributed by atoms with E-state index < -0.39 is 20.6 Å². The first-order valence-corrected chi connectivity index (χ1v) is 8.36. The fourth-order valence-electron chi connectivity index (χ4n) is 2.54. The van der Waals surface area contributed by atoms with E-state index in [0.29, 0.717) is 5.69 Å².